The average Bonchev–Trinajstić information content (AvgIpc) is 3.28. The number of aromatic hydroxyl groups is 1. The molecule has 0 amide bonds. The number of para-hydroxylation sites is 1. The number of rotatable bonds is 6. The molecule has 4 aromatic rings. The van der Waals surface area contributed by atoms with E-state index in [0.717, 1.165) is 46.2 Å². The summed E-state index contributed by atoms with van der Waals surface area (Å²) in [7, 11) is 0. The molecule has 5 rings (SSSR count). The summed E-state index contributed by atoms with van der Waals surface area (Å²) in [6.07, 6.45) is 4.33. The number of ketones is 1. The van der Waals surface area contributed by atoms with Gasteiger partial charge in [-0.2, -0.15) is 0 Å². The van der Waals surface area contributed by atoms with E-state index in [0.29, 0.717) is 23.1 Å². The van der Waals surface area contributed by atoms with Gasteiger partial charge in [-0.3, -0.25) is 4.79 Å². The number of carbonyl (C=O) groups excluding carboxylic acids is 2. The lowest BCUT2D eigenvalue weighted by molar-refractivity contribution is 0.0475. The van der Waals surface area contributed by atoms with Crippen LogP contribution in [0.5, 0.6) is 5.75 Å². The zero-order chi connectivity index (χ0) is 24.4. The third-order valence-corrected chi connectivity index (χ3v) is 6.40. The van der Waals surface area contributed by atoms with Gasteiger partial charge in [-0.1, -0.05) is 61.5 Å². The minimum Gasteiger partial charge on any atom is -0.508 e. The predicted octanol–water partition coefficient (Wildman–Crippen LogP) is 6.03. The molecule has 0 spiro atoms. The number of pyridine rings is 1. The lowest BCUT2D eigenvalue weighted by Crippen LogP contribution is -2.16. The number of allylic oxidation sites excluding steroid dienone is 1. The Balaban J connectivity index is 1.46. The lowest BCUT2D eigenvalue weighted by atomic mass is 10.0. The van der Waals surface area contributed by atoms with Crippen LogP contribution >= 0.6 is 0 Å². The van der Waals surface area contributed by atoms with Crippen LogP contribution in [0.4, 0.5) is 0 Å². The number of ether oxygens (including phenoxy) is 1. The molecule has 5 heteroatoms. The van der Waals surface area contributed by atoms with E-state index in [1.165, 1.54) is 0 Å². The van der Waals surface area contributed by atoms with Crippen molar-refractivity contribution in [3.05, 3.63) is 106 Å². The first kappa shape index (κ1) is 22.5. The van der Waals surface area contributed by atoms with Crippen LogP contribution in [0.15, 0.2) is 72.8 Å². The fourth-order valence-corrected chi connectivity index (χ4v) is 4.50. The topological polar surface area (TPSA) is 76.5 Å². The number of esters is 1. The van der Waals surface area contributed by atoms with Gasteiger partial charge in [0.1, 0.15) is 5.75 Å². The lowest BCUT2D eigenvalue weighted by Gasteiger charge is -2.12. The van der Waals surface area contributed by atoms with E-state index in [-0.39, 0.29) is 18.1 Å². The molecule has 1 aliphatic rings. The molecule has 35 heavy (non-hydrogen) atoms. The van der Waals surface area contributed by atoms with Gasteiger partial charge in [0.25, 0.3) is 0 Å². The largest absolute Gasteiger partial charge is 0.508 e. The summed E-state index contributed by atoms with van der Waals surface area (Å²) < 4.78 is 5.54. The van der Waals surface area contributed by atoms with E-state index < -0.39 is 5.97 Å². The van der Waals surface area contributed by atoms with Crippen LogP contribution in [-0.4, -0.2) is 28.4 Å². The number of phenolic OH excluding ortho intramolecular Hbond substituents is 1. The Morgan fingerprint density at radius 1 is 0.971 bits per heavy atom. The normalized spacial score (nSPS) is 13.7. The Kier molecular flexibility index (Phi) is 6.15. The highest BCUT2D eigenvalue weighted by atomic mass is 16.5. The number of benzene rings is 3. The highest BCUT2D eigenvalue weighted by molar-refractivity contribution is 6.08. The van der Waals surface area contributed by atoms with Crippen LogP contribution in [0.25, 0.3) is 22.6 Å². The van der Waals surface area contributed by atoms with E-state index >= 15 is 0 Å². The van der Waals surface area contributed by atoms with Crippen molar-refractivity contribution in [2.75, 3.05) is 6.61 Å². The summed E-state index contributed by atoms with van der Waals surface area (Å²) in [5.74, 6) is -0.530. The van der Waals surface area contributed by atoms with Crippen LogP contribution in [0, 0.1) is 0 Å². The van der Waals surface area contributed by atoms with Crippen LogP contribution in [0.3, 0.4) is 0 Å². The number of phenols is 1. The number of hydrogen-bond donors (Lipinski definition) is 1. The second-order valence-electron chi connectivity index (χ2n) is 8.64. The fourth-order valence-electron chi connectivity index (χ4n) is 4.50. The SMILES string of the molecule is CCc1ccc(C(=O)COC(=O)c2c3c(nc4ccccc24)/C(=C/c2ccc(O)cc2)CC3)cc1. The Hall–Kier alpha value is -4.25. The summed E-state index contributed by atoms with van der Waals surface area (Å²) in [5.41, 5.74) is 6.46. The minimum absolute atomic E-state index is 0.212. The predicted molar refractivity (Wildman–Crippen MR) is 136 cm³/mol. The maximum atomic E-state index is 13.3. The molecule has 1 aliphatic carbocycles. The van der Waals surface area contributed by atoms with Crippen LogP contribution in [0.2, 0.25) is 0 Å². The second-order valence-corrected chi connectivity index (χ2v) is 8.64. The molecule has 0 unspecified atom stereocenters. The average molecular weight is 464 g/mol. The van der Waals surface area contributed by atoms with E-state index in [1.54, 1.807) is 24.3 Å². The van der Waals surface area contributed by atoms with Crippen molar-refractivity contribution in [3.63, 3.8) is 0 Å². The molecule has 1 N–H and O–H groups in total. The highest BCUT2D eigenvalue weighted by Gasteiger charge is 2.28. The first-order valence-corrected chi connectivity index (χ1v) is 11.7. The zero-order valence-corrected chi connectivity index (χ0v) is 19.5. The number of fused-ring (bicyclic) bond motifs is 2. The molecule has 3 aromatic carbocycles. The molecule has 0 atom stereocenters. The molecule has 0 radical (unpaired) electrons. The monoisotopic (exact) mass is 463 g/mol. The summed E-state index contributed by atoms with van der Waals surface area (Å²) in [6, 6.07) is 21.9. The zero-order valence-electron chi connectivity index (χ0n) is 19.5. The molecule has 0 saturated heterocycles. The van der Waals surface area contributed by atoms with Crippen molar-refractivity contribution in [1.29, 1.82) is 0 Å². The van der Waals surface area contributed by atoms with Gasteiger partial charge in [-0.05, 0) is 65.8 Å². The van der Waals surface area contributed by atoms with Crippen molar-refractivity contribution in [2.45, 2.75) is 26.2 Å². The molecule has 1 heterocycles. The molecule has 5 nitrogen and oxygen atoms in total. The van der Waals surface area contributed by atoms with Crippen molar-refractivity contribution in [3.8, 4) is 5.75 Å². The fraction of sp³-hybridized carbons (Fsp3) is 0.167. The molecule has 0 aliphatic heterocycles. The first-order valence-electron chi connectivity index (χ1n) is 11.7. The van der Waals surface area contributed by atoms with Crippen LogP contribution < -0.4 is 0 Å². The van der Waals surface area contributed by atoms with E-state index in [4.69, 9.17) is 9.72 Å². The van der Waals surface area contributed by atoms with E-state index in [9.17, 15) is 14.7 Å². The van der Waals surface area contributed by atoms with Gasteiger partial charge in [0.15, 0.2) is 12.4 Å². The van der Waals surface area contributed by atoms with Crippen molar-refractivity contribution in [2.24, 2.45) is 0 Å². The molecule has 0 bridgehead atoms. The summed E-state index contributed by atoms with van der Waals surface area (Å²) in [5, 5.41) is 10.3. The number of carbonyl (C=O) groups is 2. The Labute approximate surface area is 203 Å². The second kappa shape index (κ2) is 9.55. The van der Waals surface area contributed by atoms with Gasteiger partial charge >= 0.3 is 5.97 Å². The molecule has 0 fully saturated rings. The molecular formula is C30H25NO4. The summed E-state index contributed by atoms with van der Waals surface area (Å²) >= 11 is 0. The molecule has 0 saturated carbocycles. The van der Waals surface area contributed by atoms with Crippen molar-refractivity contribution < 1.29 is 19.4 Å². The Bertz CT molecular complexity index is 1450. The Morgan fingerprint density at radius 2 is 1.71 bits per heavy atom. The standard InChI is InChI=1S/C30H25NO4/c1-2-19-7-11-21(12-8-19)27(33)18-35-30(34)28-24-5-3-4-6-26(24)31-29-22(13-16-25(28)29)17-20-9-14-23(32)15-10-20/h3-12,14-15,17,32H,2,13,16,18H2,1H3/b22-17+. The third-order valence-electron chi connectivity index (χ3n) is 6.40. The van der Waals surface area contributed by atoms with Crippen LogP contribution in [0.1, 0.15) is 56.4 Å². The Morgan fingerprint density at radius 3 is 2.46 bits per heavy atom. The summed E-state index contributed by atoms with van der Waals surface area (Å²) in [4.78, 5) is 30.8. The number of aryl methyl sites for hydroxylation is 1. The van der Waals surface area contributed by atoms with Gasteiger partial charge in [0, 0.05) is 10.9 Å². The first-order chi connectivity index (χ1) is 17.0. The molecule has 174 valence electrons. The summed E-state index contributed by atoms with van der Waals surface area (Å²) in [6.45, 7) is 1.74. The van der Waals surface area contributed by atoms with E-state index in [1.807, 2.05) is 54.6 Å². The van der Waals surface area contributed by atoms with Crippen LogP contribution in [-0.2, 0) is 17.6 Å². The maximum absolute atomic E-state index is 13.3. The number of nitrogens with zero attached hydrogens (tertiary/aromatic N) is 1. The van der Waals surface area contributed by atoms with Gasteiger partial charge < -0.3 is 9.84 Å². The van der Waals surface area contributed by atoms with Gasteiger partial charge in [-0.15, -0.1) is 0 Å². The molecular weight excluding hydrogens is 438 g/mol. The maximum Gasteiger partial charge on any atom is 0.339 e. The third kappa shape index (κ3) is 4.58. The highest BCUT2D eigenvalue weighted by Crippen LogP contribution is 2.38. The van der Waals surface area contributed by atoms with Gasteiger partial charge in [0.05, 0.1) is 16.8 Å². The number of aromatic nitrogens is 1. The minimum atomic E-state index is -0.510. The van der Waals surface area contributed by atoms with Crippen molar-refractivity contribution in [1.82, 2.24) is 4.98 Å². The molecule has 1 aromatic heterocycles. The number of hydrogen-bond acceptors (Lipinski definition) is 5. The van der Waals surface area contributed by atoms with Gasteiger partial charge in [0.2, 0.25) is 0 Å². The van der Waals surface area contributed by atoms with Gasteiger partial charge in [-0.25, -0.2) is 9.78 Å². The van der Waals surface area contributed by atoms with Crippen molar-refractivity contribution >= 4 is 34.3 Å². The number of Topliss-reactive ketones (excluding diaryl/α,β-unsaturated/α-hetero) is 1. The quantitative estimate of drug-likeness (QED) is 0.279. The van der Waals surface area contributed by atoms with E-state index in [2.05, 4.69) is 6.92 Å². The smallest absolute Gasteiger partial charge is 0.339 e.